The quantitative estimate of drug-likeness (QED) is 0.455. The van der Waals surface area contributed by atoms with E-state index in [0.717, 1.165) is 5.56 Å². The number of hydrogen-bond acceptors (Lipinski definition) is 6. The lowest BCUT2D eigenvalue weighted by Crippen LogP contribution is -2.19. The Kier molecular flexibility index (Phi) is 6.22. The van der Waals surface area contributed by atoms with E-state index in [9.17, 15) is 4.79 Å². The lowest BCUT2D eigenvalue weighted by molar-refractivity contribution is -0.120. The molecule has 2 aromatic rings. The van der Waals surface area contributed by atoms with Crippen LogP contribution in [-0.2, 0) is 11.2 Å². The summed E-state index contributed by atoms with van der Waals surface area (Å²) in [6.07, 6.45) is 1.72. The highest BCUT2D eigenvalue weighted by molar-refractivity contribution is 5.85. The molecule has 7 heteroatoms. The van der Waals surface area contributed by atoms with Crippen molar-refractivity contribution in [1.82, 2.24) is 5.43 Å². The number of carbonyl (C=O) groups is 1. The summed E-state index contributed by atoms with van der Waals surface area (Å²) in [5, 5.41) is 3.96. The zero-order valence-electron chi connectivity index (χ0n) is 14.4. The molecule has 3 N–H and O–H groups in total. The maximum absolute atomic E-state index is 11.9. The number of nitrogens with one attached hydrogen (secondary N) is 1. The van der Waals surface area contributed by atoms with E-state index in [1.54, 1.807) is 36.4 Å². The monoisotopic (exact) mass is 343 g/mol. The second-order valence-corrected chi connectivity index (χ2v) is 5.17. The summed E-state index contributed by atoms with van der Waals surface area (Å²) >= 11 is 0. The summed E-state index contributed by atoms with van der Waals surface area (Å²) < 4.78 is 15.8. The molecule has 0 fully saturated rings. The van der Waals surface area contributed by atoms with E-state index in [0.29, 0.717) is 28.5 Å². The molecule has 132 valence electrons. The molecule has 0 saturated heterocycles. The van der Waals surface area contributed by atoms with E-state index < -0.39 is 0 Å². The number of methoxy groups -OCH3 is 3. The Morgan fingerprint density at radius 3 is 2.20 bits per heavy atom. The van der Waals surface area contributed by atoms with E-state index >= 15 is 0 Å². The Morgan fingerprint density at radius 2 is 1.68 bits per heavy atom. The van der Waals surface area contributed by atoms with Crippen molar-refractivity contribution in [3.63, 3.8) is 0 Å². The summed E-state index contributed by atoms with van der Waals surface area (Å²) in [4.78, 5) is 11.9. The van der Waals surface area contributed by atoms with Crippen LogP contribution < -0.4 is 25.4 Å². The van der Waals surface area contributed by atoms with Crippen molar-refractivity contribution in [2.45, 2.75) is 6.42 Å². The van der Waals surface area contributed by atoms with Gasteiger partial charge in [0.25, 0.3) is 0 Å². The van der Waals surface area contributed by atoms with Crippen molar-refractivity contribution in [1.29, 1.82) is 0 Å². The van der Waals surface area contributed by atoms with Crippen LogP contribution >= 0.6 is 0 Å². The number of nitrogens with zero attached hydrogens (tertiary/aromatic N) is 1. The molecular formula is C18H21N3O4. The van der Waals surface area contributed by atoms with Crippen LogP contribution in [0.15, 0.2) is 41.5 Å². The SMILES string of the molecule is COc1cc(/C=N\NC(=O)Cc2ccc(N)cc2)cc(OC)c1OC. The number of anilines is 1. The molecule has 0 atom stereocenters. The summed E-state index contributed by atoms with van der Waals surface area (Å²) in [5.74, 6) is 1.29. The van der Waals surface area contributed by atoms with Gasteiger partial charge in [0.05, 0.1) is 34.0 Å². The molecule has 0 radical (unpaired) electrons. The second-order valence-electron chi connectivity index (χ2n) is 5.17. The van der Waals surface area contributed by atoms with Gasteiger partial charge in [-0.2, -0.15) is 5.10 Å². The van der Waals surface area contributed by atoms with Crippen LogP contribution in [0.4, 0.5) is 5.69 Å². The molecule has 0 bridgehead atoms. The minimum absolute atomic E-state index is 0.215. The average molecular weight is 343 g/mol. The molecule has 0 spiro atoms. The molecule has 0 aliphatic rings. The molecular weight excluding hydrogens is 322 g/mol. The van der Waals surface area contributed by atoms with Gasteiger partial charge >= 0.3 is 0 Å². The van der Waals surface area contributed by atoms with E-state index in [-0.39, 0.29) is 12.3 Å². The van der Waals surface area contributed by atoms with Crippen LogP contribution in [0.25, 0.3) is 0 Å². The third kappa shape index (κ3) is 4.87. The van der Waals surface area contributed by atoms with Crippen molar-refractivity contribution < 1.29 is 19.0 Å². The van der Waals surface area contributed by atoms with Crippen molar-refractivity contribution >= 4 is 17.8 Å². The smallest absolute Gasteiger partial charge is 0.244 e. The van der Waals surface area contributed by atoms with Gasteiger partial charge in [-0.3, -0.25) is 4.79 Å². The van der Waals surface area contributed by atoms with Crippen molar-refractivity contribution in [2.75, 3.05) is 27.1 Å². The highest BCUT2D eigenvalue weighted by Gasteiger charge is 2.12. The molecule has 0 aliphatic heterocycles. The first-order chi connectivity index (χ1) is 12.1. The van der Waals surface area contributed by atoms with E-state index in [4.69, 9.17) is 19.9 Å². The largest absolute Gasteiger partial charge is 0.493 e. The maximum Gasteiger partial charge on any atom is 0.244 e. The number of rotatable bonds is 7. The Hall–Kier alpha value is -3.22. The lowest BCUT2D eigenvalue weighted by atomic mass is 10.1. The third-order valence-corrected chi connectivity index (χ3v) is 3.43. The Balaban J connectivity index is 2.03. The molecule has 7 nitrogen and oxygen atoms in total. The number of hydrazone groups is 1. The predicted octanol–water partition coefficient (Wildman–Crippen LogP) is 1.99. The number of hydrogen-bond donors (Lipinski definition) is 2. The minimum Gasteiger partial charge on any atom is -0.493 e. The predicted molar refractivity (Wildman–Crippen MR) is 96.4 cm³/mol. The van der Waals surface area contributed by atoms with Gasteiger partial charge in [0.2, 0.25) is 11.7 Å². The van der Waals surface area contributed by atoms with E-state index in [1.165, 1.54) is 27.5 Å². The summed E-state index contributed by atoms with van der Waals surface area (Å²) in [7, 11) is 4.60. The van der Waals surface area contributed by atoms with E-state index in [2.05, 4.69) is 10.5 Å². The fourth-order valence-corrected chi connectivity index (χ4v) is 2.22. The van der Waals surface area contributed by atoms with Crippen molar-refractivity contribution in [3.05, 3.63) is 47.5 Å². The lowest BCUT2D eigenvalue weighted by Gasteiger charge is -2.12. The number of carbonyl (C=O) groups excluding carboxylic acids is 1. The van der Waals surface area contributed by atoms with Crippen LogP contribution in [0, 0.1) is 0 Å². The highest BCUT2D eigenvalue weighted by atomic mass is 16.5. The second kappa shape index (κ2) is 8.58. The van der Waals surface area contributed by atoms with Crippen LogP contribution in [0.3, 0.4) is 0 Å². The average Bonchev–Trinajstić information content (AvgIpc) is 2.62. The van der Waals surface area contributed by atoms with E-state index in [1.807, 2.05) is 0 Å². The standard InChI is InChI=1S/C18H21N3O4/c1-23-15-8-13(9-16(24-2)18(15)25-3)11-20-21-17(22)10-12-4-6-14(19)7-5-12/h4-9,11H,10,19H2,1-3H3,(H,21,22)/b20-11-. The molecule has 0 saturated carbocycles. The van der Waals surface area contributed by atoms with Gasteiger partial charge in [-0.15, -0.1) is 0 Å². The number of ether oxygens (including phenoxy) is 3. The first kappa shape index (κ1) is 18.1. The van der Waals surface area contributed by atoms with Crippen LogP contribution in [-0.4, -0.2) is 33.5 Å². The van der Waals surface area contributed by atoms with Gasteiger partial charge < -0.3 is 19.9 Å². The summed E-state index contributed by atoms with van der Waals surface area (Å²) in [6, 6.07) is 10.6. The highest BCUT2D eigenvalue weighted by Crippen LogP contribution is 2.37. The molecule has 25 heavy (non-hydrogen) atoms. The van der Waals surface area contributed by atoms with Gasteiger partial charge in [0, 0.05) is 11.3 Å². The van der Waals surface area contributed by atoms with Gasteiger partial charge in [-0.1, -0.05) is 12.1 Å². The zero-order chi connectivity index (χ0) is 18.2. The van der Waals surface area contributed by atoms with Gasteiger partial charge in [-0.25, -0.2) is 5.43 Å². The molecule has 1 amide bonds. The van der Waals surface area contributed by atoms with Crippen LogP contribution in [0.5, 0.6) is 17.2 Å². The number of benzene rings is 2. The summed E-state index contributed by atoms with van der Waals surface area (Å²) in [6.45, 7) is 0. The topological polar surface area (TPSA) is 95.2 Å². The first-order valence-corrected chi connectivity index (χ1v) is 7.53. The van der Waals surface area contributed by atoms with Gasteiger partial charge in [0.1, 0.15) is 0 Å². The normalized spacial score (nSPS) is 10.5. The van der Waals surface area contributed by atoms with Crippen LogP contribution in [0.2, 0.25) is 0 Å². The van der Waals surface area contributed by atoms with Gasteiger partial charge in [0.15, 0.2) is 11.5 Å². The zero-order valence-corrected chi connectivity index (χ0v) is 14.4. The number of nitrogen functional groups attached to an aromatic ring is 1. The van der Waals surface area contributed by atoms with Gasteiger partial charge in [-0.05, 0) is 29.8 Å². The molecule has 0 heterocycles. The maximum atomic E-state index is 11.9. The molecule has 0 aliphatic carbocycles. The minimum atomic E-state index is -0.228. The Labute approximate surface area is 146 Å². The number of amides is 1. The Morgan fingerprint density at radius 1 is 1.08 bits per heavy atom. The fourth-order valence-electron chi connectivity index (χ4n) is 2.22. The molecule has 0 unspecified atom stereocenters. The fraction of sp³-hybridized carbons (Fsp3) is 0.222. The number of nitrogens with two attached hydrogens (primary N) is 1. The van der Waals surface area contributed by atoms with Crippen LogP contribution in [0.1, 0.15) is 11.1 Å². The first-order valence-electron chi connectivity index (χ1n) is 7.53. The molecule has 2 aromatic carbocycles. The van der Waals surface area contributed by atoms with Crippen molar-refractivity contribution in [2.24, 2.45) is 5.10 Å². The van der Waals surface area contributed by atoms with Crippen molar-refractivity contribution in [3.8, 4) is 17.2 Å². The Bertz CT molecular complexity index is 732. The third-order valence-electron chi connectivity index (χ3n) is 3.43. The molecule has 2 rings (SSSR count). The molecule has 0 aromatic heterocycles. The summed E-state index contributed by atoms with van der Waals surface area (Å²) in [5.41, 5.74) is 10.3.